The monoisotopic (exact) mass is 322 g/mol. The summed E-state index contributed by atoms with van der Waals surface area (Å²) in [6.45, 7) is 5.76. The molecule has 0 fully saturated rings. The third-order valence-corrected chi connectivity index (χ3v) is 4.39. The summed E-state index contributed by atoms with van der Waals surface area (Å²) in [6.07, 6.45) is 4.34. The topological polar surface area (TPSA) is 0 Å². The number of benzene rings is 3. The first kappa shape index (κ1) is 16.4. The highest BCUT2D eigenvalue weighted by Crippen LogP contribution is 2.31. The average molecular weight is 322 g/mol. The van der Waals surface area contributed by atoms with Gasteiger partial charge in [-0.3, -0.25) is 0 Å². The van der Waals surface area contributed by atoms with Crippen LogP contribution in [-0.2, 0) is 12.8 Å². The maximum Gasteiger partial charge on any atom is 0.167 e. The van der Waals surface area contributed by atoms with E-state index in [2.05, 4.69) is 13.5 Å². The predicted octanol–water partition coefficient (Wildman–Crippen LogP) is 6.47. The standard InChI is InChI=1S/C22H20F2/c1-3-5-6-16-9-12-18-14-20(22(24)21(23)19(18)13-16)17-10-7-15(4-2)8-11-17/h3,7-14H,1,4-6H2,2H3. The highest BCUT2D eigenvalue weighted by Gasteiger charge is 2.15. The minimum atomic E-state index is -0.785. The molecule has 0 unspecified atom stereocenters. The van der Waals surface area contributed by atoms with Gasteiger partial charge in [0.25, 0.3) is 0 Å². The third-order valence-electron chi connectivity index (χ3n) is 4.39. The molecular weight excluding hydrogens is 302 g/mol. The largest absolute Gasteiger partial charge is 0.203 e. The Labute approximate surface area is 141 Å². The van der Waals surface area contributed by atoms with E-state index in [-0.39, 0.29) is 0 Å². The van der Waals surface area contributed by atoms with E-state index in [0.29, 0.717) is 21.9 Å². The number of halogens is 2. The molecule has 0 atom stereocenters. The van der Waals surface area contributed by atoms with Crippen LogP contribution in [0.5, 0.6) is 0 Å². The van der Waals surface area contributed by atoms with E-state index in [1.807, 2.05) is 42.5 Å². The van der Waals surface area contributed by atoms with Gasteiger partial charge in [0, 0.05) is 10.9 Å². The first-order valence-corrected chi connectivity index (χ1v) is 8.25. The number of allylic oxidation sites excluding steroid dienone is 1. The maximum absolute atomic E-state index is 14.6. The van der Waals surface area contributed by atoms with Crippen molar-refractivity contribution < 1.29 is 8.78 Å². The molecule has 0 N–H and O–H groups in total. The van der Waals surface area contributed by atoms with E-state index < -0.39 is 11.6 Å². The number of rotatable bonds is 5. The predicted molar refractivity (Wildman–Crippen MR) is 97.2 cm³/mol. The summed E-state index contributed by atoms with van der Waals surface area (Å²) in [6, 6.07) is 14.9. The maximum atomic E-state index is 14.6. The Bertz CT molecular complexity index is 877. The number of hydrogen-bond acceptors (Lipinski definition) is 0. The normalized spacial score (nSPS) is 11.0. The van der Waals surface area contributed by atoms with Crippen LogP contribution in [0.1, 0.15) is 24.5 Å². The van der Waals surface area contributed by atoms with E-state index in [4.69, 9.17) is 0 Å². The van der Waals surface area contributed by atoms with Crippen LogP contribution in [-0.4, -0.2) is 0 Å². The Balaban J connectivity index is 2.09. The van der Waals surface area contributed by atoms with Gasteiger partial charge in [0.2, 0.25) is 0 Å². The van der Waals surface area contributed by atoms with Gasteiger partial charge in [-0.2, -0.15) is 0 Å². The summed E-state index contributed by atoms with van der Waals surface area (Å²) in [5.74, 6) is -1.56. The van der Waals surface area contributed by atoms with Crippen molar-refractivity contribution >= 4 is 10.8 Å². The quantitative estimate of drug-likeness (QED) is 0.472. The Kier molecular flexibility index (Phi) is 4.75. The van der Waals surface area contributed by atoms with Gasteiger partial charge in [-0.1, -0.05) is 49.4 Å². The van der Waals surface area contributed by atoms with Crippen LogP contribution in [0.15, 0.2) is 61.2 Å². The van der Waals surface area contributed by atoms with Crippen LogP contribution in [0, 0.1) is 11.6 Å². The second-order valence-corrected chi connectivity index (χ2v) is 5.99. The van der Waals surface area contributed by atoms with Gasteiger partial charge < -0.3 is 0 Å². The molecule has 0 spiro atoms. The van der Waals surface area contributed by atoms with Gasteiger partial charge in [0.05, 0.1) is 0 Å². The lowest BCUT2D eigenvalue weighted by atomic mass is 9.97. The van der Waals surface area contributed by atoms with Crippen molar-refractivity contribution in [1.29, 1.82) is 0 Å². The van der Waals surface area contributed by atoms with Crippen molar-refractivity contribution in [2.45, 2.75) is 26.2 Å². The molecule has 0 saturated heterocycles. The van der Waals surface area contributed by atoms with Crippen molar-refractivity contribution in [3.8, 4) is 11.1 Å². The fourth-order valence-electron chi connectivity index (χ4n) is 2.93. The van der Waals surface area contributed by atoms with E-state index in [0.717, 1.165) is 24.8 Å². The molecule has 0 aliphatic carbocycles. The minimum Gasteiger partial charge on any atom is -0.203 e. The summed E-state index contributed by atoms with van der Waals surface area (Å²) >= 11 is 0. The van der Waals surface area contributed by atoms with Crippen LogP contribution in [0.4, 0.5) is 8.78 Å². The summed E-state index contributed by atoms with van der Waals surface area (Å²) in [4.78, 5) is 0. The molecular formula is C22H20F2. The van der Waals surface area contributed by atoms with E-state index in [1.165, 1.54) is 5.56 Å². The zero-order chi connectivity index (χ0) is 17.1. The lowest BCUT2D eigenvalue weighted by Crippen LogP contribution is -1.94. The molecule has 122 valence electrons. The average Bonchev–Trinajstić information content (AvgIpc) is 2.63. The summed E-state index contributed by atoms with van der Waals surface area (Å²) < 4.78 is 29.2. The Morgan fingerprint density at radius 1 is 0.917 bits per heavy atom. The Morgan fingerprint density at radius 2 is 1.62 bits per heavy atom. The van der Waals surface area contributed by atoms with Gasteiger partial charge >= 0.3 is 0 Å². The van der Waals surface area contributed by atoms with Crippen LogP contribution in [0.25, 0.3) is 21.9 Å². The first-order chi connectivity index (χ1) is 11.6. The molecule has 3 aromatic rings. The van der Waals surface area contributed by atoms with Gasteiger partial charge in [-0.25, -0.2) is 8.78 Å². The van der Waals surface area contributed by atoms with Gasteiger partial charge in [0.15, 0.2) is 11.6 Å². The Hall–Kier alpha value is -2.48. The highest BCUT2D eigenvalue weighted by molar-refractivity contribution is 5.88. The molecule has 24 heavy (non-hydrogen) atoms. The van der Waals surface area contributed by atoms with Crippen molar-refractivity contribution in [1.82, 2.24) is 0 Å². The second kappa shape index (κ2) is 6.96. The van der Waals surface area contributed by atoms with E-state index >= 15 is 0 Å². The van der Waals surface area contributed by atoms with Gasteiger partial charge in [-0.05, 0) is 53.5 Å². The summed E-state index contributed by atoms with van der Waals surface area (Å²) in [5.41, 5.74) is 3.16. The van der Waals surface area contributed by atoms with Crippen molar-refractivity contribution in [3.05, 3.63) is 83.9 Å². The van der Waals surface area contributed by atoms with Crippen LogP contribution < -0.4 is 0 Å². The minimum absolute atomic E-state index is 0.307. The van der Waals surface area contributed by atoms with E-state index in [1.54, 1.807) is 12.1 Å². The van der Waals surface area contributed by atoms with Gasteiger partial charge in [-0.15, -0.1) is 6.58 Å². The van der Waals surface area contributed by atoms with Crippen molar-refractivity contribution in [2.24, 2.45) is 0 Å². The molecule has 3 rings (SSSR count). The SMILES string of the molecule is C=CCCc1ccc2cc(-c3ccc(CC)cc3)c(F)c(F)c2c1. The number of fused-ring (bicyclic) bond motifs is 1. The molecule has 0 heterocycles. The number of hydrogen-bond donors (Lipinski definition) is 0. The smallest absolute Gasteiger partial charge is 0.167 e. The molecule has 0 aromatic heterocycles. The highest BCUT2D eigenvalue weighted by atomic mass is 19.2. The molecule has 0 aliphatic rings. The summed E-state index contributed by atoms with van der Waals surface area (Å²) in [5, 5.41) is 1.05. The molecule has 0 nitrogen and oxygen atoms in total. The van der Waals surface area contributed by atoms with Crippen LogP contribution in [0.3, 0.4) is 0 Å². The third kappa shape index (κ3) is 3.09. The molecule has 0 bridgehead atoms. The molecule has 2 heteroatoms. The first-order valence-electron chi connectivity index (χ1n) is 8.25. The van der Waals surface area contributed by atoms with E-state index in [9.17, 15) is 8.78 Å². The van der Waals surface area contributed by atoms with Crippen molar-refractivity contribution in [2.75, 3.05) is 0 Å². The van der Waals surface area contributed by atoms with Crippen molar-refractivity contribution in [3.63, 3.8) is 0 Å². The molecule has 0 radical (unpaired) electrons. The fourth-order valence-corrected chi connectivity index (χ4v) is 2.93. The molecule has 0 aliphatic heterocycles. The number of aryl methyl sites for hydroxylation is 2. The lowest BCUT2D eigenvalue weighted by Gasteiger charge is -2.10. The van der Waals surface area contributed by atoms with Crippen LogP contribution >= 0.6 is 0 Å². The fraction of sp³-hybridized carbons (Fsp3) is 0.182. The zero-order valence-electron chi connectivity index (χ0n) is 13.8. The summed E-state index contributed by atoms with van der Waals surface area (Å²) in [7, 11) is 0. The molecule has 0 saturated carbocycles. The second-order valence-electron chi connectivity index (χ2n) is 5.99. The molecule has 3 aromatic carbocycles. The lowest BCUT2D eigenvalue weighted by molar-refractivity contribution is 0.519. The zero-order valence-corrected chi connectivity index (χ0v) is 13.8. The van der Waals surface area contributed by atoms with Crippen LogP contribution in [0.2, 0.25) is 0 Å². The Morgan fingerprint density at radius 3 is 2.29 bits per heavy atom. The van der Waals surface area contributed by atoms with Gasteiger partial charge in [0.1, 0.15) is 0 Å². The molecule has 0 amide bonds.